The molecule has 0 saturated carbocycles. The molecule has 6 nitrogen and oxygen atoms in total. The predicted octanol–water partition coefficient (Wildman–Crippen LogP) is 2.79. The van der Waals surface area contributed by atoms with Crippen LogP contribution in [0.15, 0.2) is 21.3 Å². The van der Waals surface area contributed by atoms with E-state index < -0.39 is 5.76 Å². The Bertz CT molecular complexity index is 734. The van der Waals surface area contributed by atoms with Crippen LogP contribution in [-0.4, -0.2) is 29.3 Å². The molecule has 23 heavy (non-hydrogen) atoms. The summed E-state index contributed by atoms with van der Waals surface area (Å²) in [6.45, 7) is 6.21. The number of H-pyrrole nitrogens is 1. The van der Waals surface area contributed by atoms with E-state index in [9.17, 15) is 4.79 Å². The van der Waals surface area contributed by atoms with Gasteiger partial charge in [-0.25, -0.2) is 9.89 Å². The highest BCUT2D eigenvalue weighted by molar-refractivity contribution is 6.33. The van der Waals surface area contributed by atoms with Gasteiger partial charge >= 0.3 is 5.76 Å². The number of nitrogens with one attached hydrogen (secondary N) is 3. The van der Waals surface area contributed by atoms with Crippen molar-refractivity contribution >= 4 is 17.3 Å². The summed E-state index contributed by atoms with van der Waals surface area (Å²) in [4.78, 5) is 11.2. The Kier molecular flexibility index (Phi) is 4.73. The molecule has 1 saturated heterocycles. The van der Waals surface area contributed by atoms with Gasteiger partial charge in [0.05, 0.1) is 10.7 Å². The number of benzene rings is 1. The molecule has 0 amide bonds. The Balaban J connectivity index is 1.85. The topological polar surface area (TPSA) is 83.0 Å². The van der Waals surface area contributed by atoms with E-state index >= 15 is 0 Å². The van der Waals surface area contributed by atoms with E-state index in [0.717, 1.165) is 42.7 Å². The maximum absolute atomic E-state index is 11.2. The van der Waals surface area contributed by atoms with Crippen LogP contribution in [0.3, 0.4) is 0 Å². The minimum absolute atomic E-state index is 0.279. The lowest BCUT2D eigenvalue weighted by atomic mass is 9.91. The lowest BCUT2D eigenvalue weighted by Crippen LogP contribution is -2.36. The molecule has 7 heteroatoms. The van der Waals surface area contributed by atoms with Crippen molar-refractivity contribution in [1.82, 2.24) is 15.5 Å². The van der Waals surface area contributed by atoms with Gasteiger partial charge in [-0.2, -0.15) is 0 Å². The van der Waals surface area contributed by atoms with Crippen molar-refractivity contribution in [2.75, 3.05) is 18.4 Å². The molecule has 1 aliphatic rings. The molecule has 0 radical (unpaired) electrons. The number of hydrogen-bond donors (Lipinski definition) is 3. The van der Waals surface area contributed by atoms with Crippen LogP contribution in [0.2, 0.25) is 5.02 Å². The zero-order valence-electron chi connectivity index (χ0n) is 13.3. The molecular formula is C16H21ClN4O2. The van der Waals surface area contributed by atoms with Gasteiger partial charge < -0.3 is 15.1 Å². The second-order valence-corrected chi connectivity index (χ2v) is 6.49. The SMILES string of the molecule is Cc1cc(Cl)c(N[C@@H](C)C2CCNCC2)cc1-c1n[nH]c(=O)o1. The third-order valence-electron chi connectivity index (χ3n) is 4.46. The number of hydrogen-bond acceptors (Lipinski definition) is 5. The van der Waals surface area contributed by atoms with E-state index in [1.807, 2.05) is 19.1 Å². The van der Waals surface area contributed by atoms with Gasteiger partial charge in [-0.15, -0.1) is 5.10 Å². The second kappa shape index (κ2) is 6.76. The molecule has 124 valence electrons. The monoisotopic (exact) mass is 336 g/mol. The summed E-state index contributed by atoms with van der Waals surface area (Å²) < 4.78 is 5.07. The molecule has 0 bridgehead atoms. The Labute approximate surface area is 139 Å². The van der Waals surface area contributed by atoms with Gasteiger partial charge in [-0.3, -0.25) is 0 Å². The Morgan fingerprint density at radius 3 is 2.78 bits per heavy atom. The lowest BCUT2D eigenvalue weighted by Gasteiger charge is -2.30. The average molecular weight is 337 g/mol. The van der Waals surface area contributed by atoms with Crippen LogP contribution in [0.5, 0.6) is 0 Å². The van der Waals surface area contributed by atoms with Crippen molar-refractivity contribution in [3.05, 3.63) is 33.3 Å². The third-order valence-corrected chi connectivity index (χ3v) is 4.77. The van der Waals surface area contributed by atoms with Crippen LogP contribution in [0.4, 0.5) is 5.69 Å². The van der Waals surface area contributed by atoms with Crippen molar-refractivity contribution in [3.63, 3.8) is 0 Å². The molecule has 3 N–H and O–H groups in total. The highest BCUT2D eigenvalue weighted by Gasteiger charge is 2.21. The van der Waals surface area contributed by atoms with Crippen molar-refractivity contribution in [2.45, 2.75) is 32.7 Å². The first-order chi connectivity index (χ1) is 11.0. The minimum atomic E-state index is -0.563. The van der Waals surface area contributed by atoms with E-state index in [1.54, 1.807) is 0 Å². The molecule has 0 aliphatic carbocycles. The summed E-state index contributed by atoms with van der Waals surface area (Å²) in [6, 6.07) is 4.08. The van der Waals surface area contributed by atoms with Crippen LogP contribution in [0, 0.1) is 12.8 Å². The van der Waals surface area contributed by atoms with Gasteiger partial charge in [0.1, 0.15) is 0 Å². The molecule has 1 aliphatic heterocycles. The van der Waals surface area contributed by atoms with Crippen molar-refractivity contribution in [2.24, 2.45) is 5.92 Å². The van der Waals surface area contributed by atoms with Gasteiger partial charge in [0.15, 0.2) is 0 Å². The third kappa shape index (κ3) is 3.59. The first-order valence-corrected chi connectivity index (χ1v) is 8.25. The number of aromatic nitrogens is 2. The first kappa shape index (κ1) is 16.1. The highest BCUT2D eigenvalue weighted by atomic mass is 35.5. The molecule has 3 rings (SSSR count). The fraction of sp³-hybridized carbons (Fsp3) is 0.500. The van der Waals surface area contributed by atoms with Crippen molar-refractivity contribution in [3.8, 4) is 11.5 Å². The fourth-order valence-corrected chi connectivity index (χ4v) is 3.34. The first-order valence-electron chi connectivity index (χ1n) is 7.88. The normalized spacial score (nSPS) is 17.2. The fourth-order valence-electron chi connectivity index (χ4n) is 3.07. The molecule has 1 aromatic carbocycles. The number of rotatable bonds is 4. The highest BCUT2D eigenvalue weighted by Crippen LogP contribution is 2.32. The molecule has 0 unspecified atom stereocenters. The number of anilines is 1. The van der Waals surface area contributed by atoms with Gasteiger partial charge in [-0.1, -0.05) is 11.6 Å². The van der Waals surface area contributed by atoms with E-state index in [0.29, 0.717) is 17.0 Å². The van der Waals surface area contributed by atoms with Crippen LogP contribution >= 0.6 is 11.6 Å². The molecule has 1 aromatic heterocycles. The van der Waals surface area contributed by atoms with Gasteiger partial charge in [0.2, 0.25) is 5.89 Å². The van der Waals surface area contributed by atoms with Crippen molar-refractivity contribution in [1.29, 1.82) is 0 Å². The maximum atomic E-state index is 11.2. The number of piperidine rings is 1. The summed E-state index contributed by atoms with van der Waals surface area (Å²) in [7, 11) is 0. The smallest absolute Gasteiger partial charge is 0.388 e. The van der Waals surface area contributed by atoms with Crippen molar-refractivity contribution < 1.29 is 4.42 Å². The zero-order chi connectivity index (χ0) is 16.4. The van der Waals surface area contributed by atoms with E-state index in [4.69, 9.17) is 16.0 Å². The van der Waals surface area contributed by atoms with Gasteiger partial charge in [0, 0.05) is 11.6 Å². The van der Waals surface area contributed by atoms with Gasteiger partial charge in [-0.05, 0) is 63.4 Å². The Hall–Kier alpha value is -1.79. The van der Waals surface area contributed by atoms with E-state index in [2.05, 4.69) is 27.8 Å². The Morgan fingerprint density at radius 1 is 1.39 bits per heavy atom. The maximum Gasteiger partial charge on any atom is 0.434 e. The van der Waals surface area contributed by atoms with Crippen LogP contribution < -0.4 is 16.4 Å². The van der Waals surface area contributed by atoms with E-state index in [1.165, 1.54) is 0 Å². The molecule has 2 aromatic rings. The summed E-state index contributed by atoms with van der Waals surface area (Å²) in [6.07, 6.45) is 2.30. The molecule has 0 spiro atoms. The second-order valence-electron chi connectivity index (χ2n) is 6.09. The average Bonchev–Trinajstić information content (AvgIpc) is 2.97. The minimum Gasteiger partial charge on any atom is -0.388 e. The quantitative estimate of drug-likeness (QED) is 0.799. The summed E-state index contributed by atoms with van der Waals surface area (Å²) in [5.74, 6) is 0.328. The zero-order valence-corrected chi connectivity index (χ0v) is 14.0. The molecule has 2 heterocycles. The number of aryl methyl sites for hydroxylation is 1. The molecule has 1 fully saturated rings. The summed E-state index contributed by atoms with van der Waals surface area (Å²) in [5.41, 5.74) is 2.50. The van der Waals surface area contributed by atoms with Crippen LogP contribution in [-0.2, 0) is 0 Å². The van der Waals surface area contributed by atoms with E-state index in [-0.39, 0.29) is 5.89 Å². The van der Waals surface area contributed by atoms with Crippen LogP contribution in [0.25, 0.3) is 11.5 Å². The summed E-state index contributed by atoms with van der Waals surface area (Å²) >= 11 is 6.38. The number of halogens is 1. The molecule has 1 atom stereocenters. The number of nitrogens with zero attached hydrogens (tertiary/aromatic N) is 1. The Morgan fingerprint density at radius 2 is 2.13 bits per heavy atom. The molecular weight excluding hydrogens is 316 g/mol. The standard InChI is InChI=1S/C16H21ClN4O2/c1-9-7-13(17)14(8-12(9)15-20-21-16(22)23-15)19-10(2)11-3-5-18-6-4-11/h7-8,10-11,18-19H,3-6H2,1-2H3,(H,21,22)/t10-/m0/s1. The van der Waals surface area contributed by atoms with Gasteiger partial charge in [0.25, 0.3) is 0 Å². The number of aromatic amines is 1. The largest absolute Gasteiger partial charge is 0.434 e. The van der Waals surface area contributed by atoms with Crippen LogP contribution in [0.1, 0.15) is 25.3 Å². The summed E-state index contributed by atoms with van der Waals surface area (Å²) in [5, 5.41) is 13.7. The predicted molar refractivity (Wildman–Crippen MR) is 91.0 cm³/mol. The lowest BCUT2D eigenvalue weighted by molar-refractivity contribution is 0.343.